The zero-order valence-corrected chi connectivity index (χ0v) is 13.7. The normalized spacial score (nSPS) is 33.5. The van der Waals surface area contributed by atoms with Gasteiger partial charge in [-0.05, 0) is 55.2 Å². The molecule has 114 valence electrons. The van der Waals surface area contributed by atoms with Crippen molar-refractivity contribution in [2.45, 2.75) is 51.9 Å². The molecule has 1 aromatic carbocycles. The van der Waals surface area contributed by atoms with E-state index < -0.39 is 5.41 Å². The maximum atomic E-state index is 12.7. The van der Waals surface area contributed by atoms with Crippen LogP contribution < -0.4 is 0 Å². The number of carbonyl (C=O) groups excluding carboxylic acids is 1. The van der Waals surface area contributed by atoms with Crippen molar-refractivity contribution in [3.63, 3.8) is 0 Å². The smallest absolute Gasteiger partial charge is 0.163 e. The zero-order chi connectivity index (χ0) is 16.1. The molecule has 2 aliphatic rings. The van der Waals surface area contributed by atoms with Gasteiger partial charge in [-0.3, -0.25) is 4.79 Å². The molecule has 0 N–H and O–H groups in total. The Kier molecular flexibility index (Phi) is 3.29. The van der Waals surface area contributed by atoms with Crippen LogP contribution in [0.2, 0.25) is 0 Å². The molecule has 3 atom stereocenters. The Bertz CT molecular complexity index is 711. The van der Waals surface area contributed by atoms with Gasteiger partial charge in [-0.1, -0.05) is 37.6 Å². The lowest BCUT2D eigenvalue weighted by Gasteiger charge is -2.52. The summed E-state index contributed by atoms with van der Waals surface area (Å²) in [5.74, 6) is 0.304. The molecule has 22 heavy (non-hydrogen) atoms. The van der Waals surface area contributed by atoms with Crippen LogP contribution in [0.3, 0.4) is 0 Å². The Labute approximate surface area is 132 Å². The minimum Gasteiger partial charge on any atom is -0.294 e. The van der Waals surface area contributed by atoms with Crippen LogP contribution in [0.5, 0.6) is 0 Å². The molecule has 0 aliphatic heterocycles. The fourth-order valence-corrected chi connectivity index (χ4v) is 4.61. The van der Waals surface area contributed by atoms with Gasteiger partial charge in [-0.15, -0.1) is 0 Å². The minimum atomic E-state index is -0.395. The van der Waals surface area contributed by atoms with E-state index in [2.05, 4.69) is 31.7 Å². The predicted octanol–water partition coefficient (Wildman–Crippen LogP) is 4.89. The van der Waals surface area contributed by atoms with E-state index in [4.69, 9.17) is 0 Å². The van der Waals surface area contributed by atoms with Gasteiger partial charge in [0.1, 0.15) is 0 Å². The monoisotopic (exact) mass is 293 g/mol. The summed E-state index contributed by atoms with van der Waals surface area (Å²) in [7, 11) is 0. The fourth-order valence-electron chi connectivity index (χ4n) is 4.61. The summed E-state index contributed by atoms with van der Waals surface area (Å²) in [6, 6.07) is 8.69. The first kappa shape index (κ1) is 15.0. The lowest BCUT2D eigenvalue weighted by Crippen LogP contribution is -2.50. The Hall–Kier alpha value is -1.88. The number of nitrogens with zero attached hydrogens (tertiary/aromatic N) is 1. The largest absolute Gasteiger partial charge is 0.294 e. The first-order valence-corrected chi connectivity index (χ1v) is 8.07. The molecule has 3 rings (SSSR count). The van der Waals surface area contributed by atoms with Gasteiger partial charge in [0.25, 0.3) is 0 Å². The molecule has 1 aromatic rings. The van der Waals surface area contributed by atoms with Gasteiger partial charge in [0.2, 0.25) is 0 Å². The van der Waals surface area contributed by atoms with E-state index in [-0.39, 0.29) is 17.1 Å². The molecule has 3 unspecified atom stereocenters. The molecule has 2 nitrogen and oxygen atoms in total. The highest BCUT2D eigenvalue weighted by Gasteiger charge is 2.54. The average molecular weight is 293 g/mol. The first-order valence-electron chi connectivity index (χ1n) is 8.07. The second-order valence-corrected chi connectivity index (χ2v) is 7.52. The van der Waals surface area contributed by atoms with E-state index in [0.717, 1.165) is 41.5 Å². The molecule has 1 fully saturated rings. The van der Waals surface area contributed by atoms with Crippen LogP contribution in [0, 0.1) is 22.7 Å². The van der Waals surface area contributed by atoms with Gasteiger partial charge in [-0.25, -0.2) is 0 Å². The predicted molar refractivity (Wildman–Crippen MR) is 88.5 cm³/mol. The molecule has 1 saturated carbocycles. The minimum absolute atomic E-state index is 0.0699. The van der Waals surface area contributed by atoms with E-state index >= 15 is 0 Å². The Morgan fingerprint density at radius 2 is 2.09 bits per heavy atom. The Morgan fingerprint density at radius 1 is 1.36 bits per heavy atom. The number of ketones is 1. The van der Waals surface area contributed by atoms with Crippen LogP contribution in [-0.4, -0.2) is 5.78 Å². The zero-order valence-electron chi connectivity index (χ0n) is 13.7. The number of hydrogen-bond donors (Lipinski definition) is 0. The van der Waals surface area contributed by atoms with Crippen molar-refractivity contribution in [1.82, 2.24) is 0 Å². The molecule has 0 amide bonds. The number of fused-ring (bicyclic) bond motifs is 3. The number of benzene rings is 1. The molecular formula is C20H23NO. The lowest BCUT2D eigenvalue weighted by molar-refractivity contribution is 0.0556. The van der Waals surface area contributed by atoms with Crippen LogP contribution >= 0.6 is 0 Å². The molecule has 0 aromatic heterocycles. The molecular weight excluding hydrogens is 270 g/mol. The summed E-state index contributed by atoms with van der Waals surface area (Å²) in [4.78, 5) is 12.7. The summed E-state index contributed by atoms with van der Waals surface area (Å²) in [6.45, 7) is 10.2. The molecule has 0 saturated heterocycles. The summed E-state index contributed by atoms with van der Waals surface area (Å²) in [5.41, 5.74) is 3.54. The number of carbonyl (C=O) groups is 1. The van der Waals surface area contributed by atoms with Crippen molar-refractivity contribution in [2.24, 2.45) is 11.3 Å². The average Bonchev–Trinajstić information content (AvgIpc) is 2.49. The standard InChI is InChI=1S/C20H23NO/c1-13(2)14-6-7-16-15(10-14)17(22)11-18-19(3,12-21)8-5-9-20(16,18)4/h6-7,10,18H,1,5,8-9,11H2,2-4H3. The quantitative estimate of drug-likeness (QED) is 0.739. The van der Waals surface area contributed by atoms with E-state index in [1.54, 1.807) is 0 Å². The summed E-state index contributed by atoms with van der Waals surface area (Å²) in [5, 5.41) is 9.68. The van der Waals surface area contributed by atoms with Crippen LogP contribution in [0.25, 0.3) is 5.57 Å². The molecule has 2 heteroatoms. The SMILES string of the molecule is C=C(C)c1ccc2c(c1)C(=O)CC1C(C)(C#N)CCCC21C. The van der Waals surface area contributed by atoms with Gasteiger partial charge >= 0.3 is 0 Å². The van der Waals surface area contributed by atoms with Gasteiger partial charge in [-0.2, -0.15) is 5.26 Å². The maximum Gasteiger partial charge on any atom is 0.163 e. The van der Waals surface area contributed by atoms with E-state index in [9.17, 15) is 10.1 Å². The topological polar surface area (TPSA) is 40.9 Å². The number of hydrogen-bond acceptors (Lipinski definition) is 2. The van der Waals surface area contributed by atoms with E-state index in [1.165, 1.54) is 0 Å². The van der Waals surface area contributed by atoms with Gasteiger partial charge < -0.3 is 0 Å². The van der Waals surface area contributed by atoms with E-state index in [1.807, 2.05) is 19.9 Å². The van der Waals surface area contributed by atoms with Crippen molar-refractivity contribution in [1.29, 1.82) is 5.26 Å². The number of rotatable bonds is 1. The van der Waals surface area contributed by atoms with Crippen LogP contribution in [0.15, 0.2) is 24.8 Å². The molecule has 0 heterocycles. The third-order valence-corrected chi connectivity index (χ3v) is 6.00. The van der Waals surface area contributed by atoms with Gasteiger partial charge in [0, 0.05) is 12.0 Å². The Morgan fingerprint density at radius 3 is 2.73 bits per heavy atom. The highest BCUT2D eigenvalue weighted by molar-refractivity contribution is 6.00. The summed E-state index contributed by atoms with van der Waals surface area (Å²) < 4.78 is 0. The fraction of sp³-hybridized carbons (Fsp3) is 0.500. The van der Waals surface area contributed by atoms with Crippen molar-refractivity contribution in [3.8, 4) is 6.07 Å². The highest BCUT2D eigenvalue weighted by atomic mass is 16.1. The number of Topliss-reactive ketones (excluding diaryl/α,β-unsaturated/α-hetero) is 1. The van der Waals surface area contributed by atoms with Gasteiger partial charge in [0.15, 0.2) is 5.78 Å². The third kappa shape index (κ3) is 1.96. The maximum absolute atomic E-state index is 12.7. The van der Waals surface area contributed by atoms with Crippen molar-refractivity contribution in [3.05, 3.63) is 41.5 Å². The van der Waals surface area contributed by atoms with Crippen LogP contribution in [0.1, 0.15) is 67.9 Å². The number of allylic oxidation sites excluding steroid dienone is 1. The van der Waals surface area contributed by atoms with Crippen molar-refractivity contribution in [2.75, 3.05) is 0 Å². The summed E-state index contributed by atoms with van der Waals surface area (Å²) in [6.07, 6.45) is 3.50. The molecule has 2 aliphatic carbocycles. The molecule has 0 spiro atoms. The first-order chi connectivity index (χ1) is 10.3. The molecule has 0 radical (unpaired) electrons. The second-order valence-electron chi connectivity index (χ2n) is 7.52. The van der Waals surface area contributed by atoms with Crippen molar-refractivity contribution >= 4 is 11.4 Å². The molecule has 0 bridgehead atoms. The second kappa shape index (κ2) is 4.81. The van der Waals surface area contributed by atoms with Crippen LogP contribution in [-0.2, 0) is 5.41 Å². The highest BCUT2D eigenvalue weighted by Crippen LogP contribution is 2.57. The third-order valence-electron chi connectivity index (χ3n) is 6.00. The van der Waals surface area contributed by atoms with Gasteiger partial charge in [0.05, 0.1) is 11.5 Å². The van der Waals surface area contributed by atoms with E-state index in [0.29, 0.717) is 6.42 Å². The lowest BCUT2D eigenvalue weighted by atomic mass is 9.50. The Balaban J connectivity index is 2.18. The van der Waals surface area contributed by atoms with Crippen molar-refractivity contribution < 1.29 is 4.79 Å². The summed E-state index contributed by atoms with van der Waals surface area (Å²) >= 11 is 0. The van der Waals surface area contributed by atoms with Crippen LogP contribution in [0.4, 0.5) is 0 Å². The number of nitriles is 1.